The third kappa shape index (κ3) is 1.86. The number of ether oxygens (including phenoxy) is 1. The molecule has 21 heavy (non-hydrogen) atoms. The molecular formula is C16H20FNO3. The molecule has 0 saturated heterocycles. The fourth-order valence-electron chi connectivity index (χ4n) is 4.12. The molecule has 1 N–H and O–H groups in total. The van der Waals surface area contributed by atoms with Crippen LogP contribution in [0.15, 0.2) is 12.3 Å². The number of carboxylic acid groups (broad SMARTS) is 1. The first-order chi connectivity index (χ1) is 9.77. The lowest BCUT2D eigenvalue weighted by molar-refractivity contribution is 0.0244. The van der Waals surface area contributed by atoms with E-state index < -0.39 is 17.3 Å². The minimum Gasteiger partial charge on any atom is -0.478 e. The maximum absolute atomic E-state index is 14.2. The van der Waals surface area contributed by atoms with Crippen molar-refractivity contribution in [3.8, 4) is 5.88 Å². The van der Waals surface area contributed by atoms with E-state index in [1.54, 1.807) is 0 Å². The van der Waals surface area contributed by atoms with Crippen molar-refractivity contribution in [1.29, 1.82) is 0 Å². The van der Waals surface area contributed by atoms with Gasteiger partial charge in [0.25, 0.3) is 5.88 Å². The van der Waals surface area contributed by atoms with Gasteiger partial charge >= 0.3 is 5.97 Å². The molecule has 1 aromatic rings. The van der Waals surface area contributed by atoms with Crippen LogP contribution in [0, 0.1) is 22.6 Å². The van der Waals surface area contributed by atoms with Crippen molar-refractivity contribution in [2.24, 2.45) is 16.7 Å². The Balaban J connectivity index is 1.90. The molecule has 4 nitrogen and oxygen atoms in total. The highest BCUT2D eigenvalue weighted by Crippen LogP contribution is 2.66. The zero-order valence-corrected chi connectivity index (χ0v) is 12.5. The maximum Gasteiger partial charge on any atom is 0.338 e. The third-order valence-corrected chi connectivity index (χ3v) is 6.06. The molecule has 2 bridgehead atoms. The lowest BCUT2D eigenvalue weighted by Gasteiger charge is -2.38. The number of hydrogen-bond acceptors (Lipinski definition) is 3. The Labute approximate surface area is 123 Å². The zero-order chi connectivity index (χ0) is 15.4. The molecule has 2 fully saturated rings. The average Bonchev–Trinajstić information content (AvgIpc) is 2.74. The van der Waals surface area contributed by atoms with E-state index in [0.717, 1.165) is 18.9 Å². The van der Waals surface area contributed by atoms with E-state index in [2.05, 4.69) is 25.8 Å². The number of nitrogens with zero attached hydrogens (tertiary/aromatic N) is 1. The Morgan fingerprint density at radius 3 is 2.71 bits per heavy atom. The first kappa shape index (κ1) is 14.3. The molecule has 3 rings (SSSR count). The molecule has 0 aliphatic heterocycles. The van der Waals surface area contributed by atoms with Crippen molar-refractivity contribution in [3.63, 3.8) is 0 Å². The SMILES string of the molecule is CC1(C)C2CCC1(C)C(Oc1nccc(C(=O)O)c1F)C2. The number of fused-ring (bicyclic) bond motifs is 2. The molecule has 3 atom stereocenters. The largest absolute Gasteiger partial charge is 0.478 e. The summed E-state index contributed by atoms with van der Waals surface area (Å²) in [5.41, 5.74) is -0.267. The standard InChI is InChI=1S/C16H20FNO3/c1-15(2)9-4-6-16(15,3)11(8-9)21-13-12(17)10(14(19)20)5-7-18-13/h5,7,9,11H,4,6,8H2,1-3H3,(H,19,20). The number of aromatic nitrogens is 1. The van der Waals surface area contributed by atoms with Crippen molar-refractivity contribution in [1.82, 2.24) is 4.98 Å². The molecule has 3 unspecified atom stereocenters. The van der Waals surface area contributed by atoms with Crippen molar-refractivity contribution >= 4 is 5.97 Å². The van der Waals surface area contributed by atoms with Gasteiger partial charge in [-0.05, 0) is 36.7 Å². The van der Waals surface area contributed by atoms with Crippen molar-refractivity contribution in [2.75, 3.05) is 0 Å². The zero-order valence-electron chi connectivity index (χ0n) is 12.5. The van der Waals surface area contributed by atoms with Gasteiger partial charge in [-0.2, -0.15) is 0 Å². The van der Waals surface area contributed by atoms with E-state index in [1.165, 1.54) is 12.6 Å². The van der Waals surface area contributed by atoms with Gasteiger partial charge in [0, 0.05) is 11.6 Å². The number of halogens is 1. The van der Waals surface area contributed by atoms with Crippen LogP contribution in [-0.2, 0) is 0 Å². The van der Waals surface area contributed by atoms with Crippen LogP contribution in [0.2, 0.25) is 0 Å². The number of carbonyl (C=O) groups is 1. The third-order valence-electron chi connectivity index (χ3n) is 6.06. The Kier molecular flexibility index (Phi) is 3.01. The van der Waals surface area contributed by atoms with Crippen LogP contribution in [0.5, 0.6) is 5.88 Å². The van der Waals surface area contributed by atoms with Crippen LogP contribution in [0.1, 0.15) is 50.4 Å². The van der Waals surface area contributed by atoms with Gasteiger partial charge in [0.05, 0.1) is 0 Å². The Hall–Kier alpha value is -1.65. The minimum absolute atomic E-state index is 0.0228. The fraction of sp³-hybridized carbons (Fsp3) is 0.625. The van der Waals surface area contributed by atoms with Crippen LogP contribution < -0.4 is 4.74 Å². The number of carboxylic acids is 1. The average molecular weight is 293 g/mol. The predicted octanol–water partition coefficient (Wildman–Crippen LogP) is 3.51. The van der Waals surface area contributed by atoms with E-state index in [9.17, 15) is 9.18 Å². The Bertz CT molecular complexity index is 601. The van der Waals surface area contributed by atoms with Gasteiger partial charge in [-0.3, -0.25) is 0 Å². The molecule has 0 amide bonds. The number of pyridine rings is 1. The Morgan fingerprint density at radius 2 is 2.19 bits per heavy atom. The predicted molar refractivity (Wildman–Crippen MR) is 74.8 cm³/mol. The monoisotopic (exact) mass is 293 g/mol. The van der Waals surface area contributed by atoms with Crippen molar-refractivity contribution in [2.45, 2.75) is 46.1 Å². The molecular weight excluding hydrogens is 273 g/mol. The van der Waals surface area contributed by atoms with Gasteiger partial charge in [0.1, 0.15) is 11.7 Å². The first-order valence-corrected chi connectivity index (χ1v) is 7.32. The molecule has 0 radical (unpaired) electrons. The number of aromatic carboxylic acids is 1. The normalized spacial score (nSPS) is 33.1. The van der Waals surface area contributed by atoms with E-state index in [4.69, 9.17) is 9.84 Å². The van der Waals surface area contributed by atoms with E-state index >= 15 is 0 Å². The molecule has 2 saturated carbocycles. The highest BCUT2D eigenvalue weighted by atomic mass is 19.1. The summed E-state index contributed by atoms with van der Waals surface area (Å²) in [7, 11) is 0. The molecule has 0 aromatic carbocycles. The van der Waals surface area contributed by atoms with Crippen LogP contribution in [0.4, 0.5) is 4.39 Å². The second kappa shape index (κ2) is 4.42. The summed E-state index contributed by atoms with van der Waals surface area (Å²) in [6.07, 6.45) is 4.27. The summed E-state index contributed by atoms with van der Waals surface area (Å²) >= 11 is 0. The van der Waals surface area contributed by atoms with Gasteiger partial charge in [-0.15, -0.1) is 0 Å². The van der Waals surface area contributed by atoms with Crippen molar-refractivity contribution in [3.05, 3.63) is 23.6 Å². The van der Waals surface area contributed by atoms with Gasteiger partial charge in [-0.25, -0.2) is 14.2 Å². The lowest BCUT2D eigenvalue weighted by atomic mass is 9.70. The maximum atomic E-state index is 14.2. The minimum atomic E-state index is -1.31. The van der Waals surface area contributed by atoms with Crippen LogP contribution in [0.25, 0.3) is 0 Å². The quantitative estimate of drug-likeness (QED) is 0.926. The molecule has 114 valence electrons. The number of hydrogen-bond donors (Lipinski definition) is 1. The van der Waals surface area contributed by atoms with Crippen molar-refractivity contribution < 1.29 is 19.0 Å². The summed E-state index contributed by atoms with van der Waals surface area (Å²) in [5, 5.41) is 8.97. The molecule has 2 aliphatic carbocycles. The van der Waals surface area contributed by atoms with E-state index in [0.29, 0.717) is 5.92 Å². The summed E-state index contributed by atoms with van der Waals surface area (Å²) in [5.74, 6) is -1.81. The summed E-state index contributed by atoms with van der Waals surface area (Å²) in [4.78, 5) is 14.9. The second-order valence-corrected chi connectivity index (χ2v) is 7.00. The Morgan fingerprint density at radius 1 is 1.48 bits per heavy atom. The van der Waals surface area contributed by atoms with E-state index in [-0.39, 0.29) is 22.8 Å². The smallest absolute Gasteiger partial charge is 0.338 e. The topological polar surface area (TPSA) is 59.4 Å². The molecule has 1 aromatic heterocycles. The fourth-order valence-corrected chi connectivity index (χ4v) is 4.12. The molecule has 2 aliphatic rings. The molecule has 5 heteroatoms. The van der Waals surface area contributed by atoms with Gasteiger partial charge in [-0.1, -0.05) is 20.8 Å². The van der Waals surface area contributed by atoms with E-state index in [1.807, 2.05) is 0 Å². The molecule has 0 spiro atoms. The summed E-state index contributed by atoms with van der Waals surface area (Å²) < 4.78 is 20.0. The summed E-state index contributed by atoms with van der Waals surface area (Å²) in [6.45, 7) is 6.67. The highest BCUT2D eigenvalue weighted by Gasteiger charge is 2.62. The highest BCUT2D eigenvalue weighted by molar-refractivity contribution is 5.88. The van der Waals surface area contributed by atoms with Gasteiger partial charge in [0.2, 0.25) is 0 Å². The summed E-state index contributed by atoms with van der Waals surface area (Å²) in [6, 6.07) is 1.15. The van der Waals surface area contributed by atoms with Crippen LogP contribution in [0.3, 0.4) is 0 Å². The van der Waals surface area contributed by atoms with Gasteiger partial charge < -0.3 is 9.84 Å². The van der Waals surface area contributed by atoms with Crippen LogP contribution in [-0.4, -0.2) is 22.2 Å². The number of rotatable bonds is 3. The first-order valence-electron chi connectivity index (χ1n) is 7.32. The molecule has 1 heterocycles. The van der Waals surface area contributed by atoms with Crippen LogP contribution >= 0.6 is 0 Å². The lowest BCUT2D eigenvalue weighted by Crippen LogP contribution is -2.39. The van der Waals surface area contributed by atoms with Gasteiger partial charge in [0.15, 0.2) is 5.82 Å². The second-order valence-electron chi connectivity index (χ2n) is 7.00.